The molecule has 1 unspecified atom stereocenters. The van der Waals surface area contributed by atoms with Crippen LogP contribution in [-0.2, 0) is 9.53 Å². The Morgan fingerprint density at radius 1 is 1.59 bits per heavy atom. The molecule has 4 heteroatoms. The summed E-state index contributed by atoms with van der Waals surface area (Å²) in [6.45, 7) is 1.82. The number of halogens is 1. The molecule has 0 N–H and O–H groups in total. The van der Waals surface area contributed by atoms with E-state index in [4.69, 9.17) is 27.5 Å². The van der Waals surface area contributed by atoms with Crippen LogP contribution in [0.4, 0.5) is 0 Å². The maximum atomic E-state index is 11.1. The van der Waals surface area contributed by atoms with Gasteiger partial charge in [-0.3, -0.25) is 4.79 Å². The lowest BCUT2D eigenvalue weighted by Crippen LogP contribution is -2.23. The summed E-state index contributed by atoms with van der Waals surface area (Å²) in [5, 5.41) is 0.574. The van der Waals surface area contributed by atoms with Crippen molar-refractivity contribution in [3.05, 3.63) is 29.3 Å². The normalized spacial score (nSPS) is 11.4. The number of rotatable bonds is 5. The van der Waals surface area contributed by atoms with E-state index in [1.807, 2.05) is 0 Å². The van der Waals surface area contributed by atoms with Gasteiger partial charge in [0.2, 0.25) is 0 Å². The highest BCUT2D eigenvalue weighted by atomic mass is 35.5. The molecule has 0 bridgehead atoms. The zero-order valence-electron chi connectivity index (χ0n) is 9.48. The molecule has 0 aliphatic heterocycles. The van der Waals surface area contributed by atoms with Crippen LogP contribution in [0.1, 0.15) is 13.3 Å². The van der Waals surface area contributed by atoms with Gasteiger partial charge >= 0.3 is 5.97 Å². The molecule has 0 aliphatic rings. The van der Waals surface area contributed by atoms with Crippen molar-refractivity contribution < 1.29 is 14.3 Å². The van der Waals surface area contributed by atoms with E-state index < -0.39 is 6.10 Å². The molecule has 1 rings (SSSR count). The monoisotopic (exact) mass is 252 g/mol. The maximum absolute atomic E-state index is 11.1. The second-order valence-electron chi connectivity index (χ2n) is 3.27. The minimum absolute atomic E-state index is 0.114. The predicted octanol–water partition coefficient (Wildman–Crippen LogP) is 2.67. The predicted molar refractivity (Wildman–Crippen MR) is 66.0 cm³/mol. The third-order valence-corrected chi connectivity index (χ3v) is 2.18. The van der Waals surface area contributed by atoms with E-state index in [9.17, 15) is 4.79 Å². The Balaban J connectivity index is 2.48. The minimum Gasteiger partial charge on any atom is -0.489 e. The first-order valence-corrected chi connectivity index (χ1v) is 5.57. The second-order valence-corrected chi connectivity index (χ2v) is 3.70. The van der Waals surface area contributed by atoms with Gasteiger partial charge in [-0.25, -0.2) is 0 Å². The van der Waals surface area contributed by atoms with Crippen molar-refractivity contribution >= 4 is 17.6 Å². The Morgan fingerprint density at radius 3 is 2.94 bits per heavy atom. The number of carbonyl (C=O) groups is 1. The van der Waals surface area contributed by atoms with E-state index in [1.165, 1.54) is 0 Å². The van der Waals surface area contributed by atoms with Crippen molar-refractivity contribution in [3.8, 4) is 18.1 Å². The number of ether oxygens (including phenoxy) is 2. The maximum Gasteiger partial charge on any atom is 0.306 e. The largest absolute Gasteiger partial charge is 0.489 e. The van der Waals surface area contributed by atoms with Crippen molar-refractivity contribution in [2.75, 3.05) is 6.61 Å². The van der Waals surface area contributed by atoms with Crippen molar-refractivity contribution in [2.45, 2.75) is 19.4 Å². The van der Waals surface area contributed by atoms with Crippen molar-refractivity contribution in [1.29, 1.82) is 0 Å². The number of benzene rings is 1. The van der Waals surface area contributed by atoms with E-state index in [1.54, 1.807) is 31.2 Å². The fourth-order valence-corrected chi connectivity index (χ4v) is 1.27. The molecule has 3 nitrogen and oxygen atoms in total. The number of terminal acetylenes is 1. The lowest BCUT2D eigenvalue weighted by molar-refractivity contribution is -0.147. The molecule has 0 aliphatic carbocycles. The van der Waals surface area contributed by atoms with Gasteiger partial charge in [0.05, 0.1) is 0 Å². The van der Waals surface area contributed by atoms with E-state index >= 15 is 0 Å². The van der Waals surface area contributed by atoms with Gasteiger partial charge in [0.25, 0.3) is 0 Å². The molecule has 0 radical (unpaired) electrons. The Bertz CT molecular complexity index is 423. The molecule has 0 heterocycles. The average molecular weight is 253 g/mol. The Kier molecular flexibility index (Phi) is 5.38. The zero-order valence-corrected chi connectivity index (χ0v) is 10.2. The first-order chi connectivity index (χ1) is 8.15. The molecule has 1 aromatic carbocycles. The minimum atomic E-state index is -0.679. The van der Waals surface area contributed by atoms with E-state index in [0.29, 0.717) is 10.8 Å². The fourth-order valence-electron chi connectivity index (χ4n) is 1.09. The van der Waals surface area contributed by atoms with Crippen LogP contribution >= 0.6 is 11.6 Å². The van der Waals surface area contributed by atoms with Crippen LogP contribution in [0.25, 0.3) is 0 Å². The molecule has 0 fully saturated rings. The van der Waals surface area contributed by atoms with Gasteiger partial charge in [-0.15, -0.1) is 6.42 Å². The van der Waals surface area contributed by atoms with E-state index in [2.05, 4.69) is 5.92 Å². The summed E-state index contributed by atoms with van der Waals surface area (Å²) in [5.41, 5.74) is 0. The number of carbonyl (C=O) groups excluding carboxylic acids is 1. The molecular weight excluding hydrogens is 240 g/mol. The summed E-state index contributed by atoms with van der Waals surface area (Å²) in [6, 6.07) is 6.92. The van der Waals surface area contributed by atoms with Crippen molar-refractivity contribution in [3.63, 3.8) is 0 Å². The van der Waals surface area contributed by atoms with Gasteiger partial charge in [0.15, 0.2) is 6.10 Å². The molecule has 0 spiro atoms. The molecule has 0 aromatic heterocycles. The highest BCUT2D eigenvalue weighted by Crippen LogP contribution is 2.17. The van der Waals surface area contributed by atoms with Crippen LogP contribution < -0.4 is 4.74 Å². The molecule has 17 heavy (non-hydrogen) atoms. The average Bonchev–Trinajstić information content (AvgIpc) is 2.34. The SMILES string of the molecule is C#CC(COc1cccc(Cl)c1)OC(=O)CC. The summed E-state index contributed by atoms with van der Waals surface area (Å²) in [5.74, 6) is 2.59. The summed E-state index contributed by atoms with van der Waals surface area (Å²) in [4.78, 5) is 11.1. The van der Waals surface area contributed by atoms with Gasteiger partial charge in [-0.05, 0) is 18.2 Å². The fraction of sp³-hybridized carbons (Fsp3) is 0.308. The molecule has 0 amide bonds. The standard InChI is InChI=1S/C13H13ClO3/c1-3-11(17-13(15)4-2)9-16-12-7-5-6-10(14)8-12/h1,5-8,11H,4,9H2,2H3. The molecule has 0 saturated carbocycles. The summed E-state index contributed by atoms with van der Waals surface area (Å²) >= 11 is 5.80. The summed E-state index contributed by atoms with van der Waals surface area (Å²) < 4.78 is 10.3. The summed E-state index contributed by atoms with van der Waals surface area (Å²) in [7, 11) is 0. The number of esters is 1. The smallest absolute Gasteiger partial charge is 0.306 e. The second kappa shape index (κ2) is 6.82. The first kappa shape index (κ1) is 13.4. The quantitative estimate of drug-likeness (QED) is 0.597. The van der Waals surface area contributed by atoms with Crippen molar-refractivity contribution in [2.24, 2.45) is 0 Å². The van der Waals surface area contributed by atoms with Crippen LogP contribution in [0.2, 0.25) is 5.02 Å². The molecule has 90 valence electrons. The van der Waals surface area contributed by atoms with Crippen molar-refractivity contribution in [1.82, 2.24) is 0 Å². The van der Waals surface area contributed by atoms with Gasteiger partial charge in [0, 0.05) is 11.4 Å². The third-order valence-electron chi connectivity index (χ3n) is 1.95. The highest BCUT2D eigenvalue weighted by Gasteiger charge is 2.11. The van der Waals surface area contributed by atoms with E-state index in [0.717, 1.165) is 0 Å². The van der Waals surface area contributed by atoms with Gasteiger partial charge in [-0.1, -0.05) is 30.5 Å². The lowest BCUT2D eigenvalue weighted by Gasteiger charge is -2.13. The Hall–Kier alpha value is -1.66. The summed E-state index contributed by atoms with van der Waals surface area (Å²) in [6.07, 6.45) is 4.84. The van der Waals surface area contributed by atoms with Crippen LogP contribution in [0.5, 0.6) is 5.75 Å². The Labute approximate surface area is 106 Å². The molecule has 1 atom stereocenters. The molecule has 0 saturated heterocycles. The van der Waals surface area contributed by atoms with Crippen LogP contribution in [0.3, 0.4) is 0 Å². The third kappa shape index (κ3) is 4.80. The van der Waals surface area contributed by atoms with Crippen LogP contribution in [0.15, 0.2) is 24.3 Å². The van der Waals surface area contributed by atoms with Gasteiger partial charge < -0.3 is 9.47 Å². The number of hydrogen-bond donors (Lipinski definition) is 0. The Morgan fingerprint density at radius 2 is 2.35 bits per heavy atom. The first-order valence-electron chi connectivity index (χ1n) is 5.19. The topological polar surface area (TPSA) is 35.5 Å². The van der Waals surface area contributed by atoms with Gasteiger partial charge in [-0.2, -0.15) is 0 Å². The van der Waals surface area contributed by atoms with E-state index in [-0.39, 0.29) is 19.0 Å². The van der Waals surface area contributed by atoms with Crippen LogP contribution in [0, 0.1) is 12.3 Å². The zero-order chi connectivity index (χ0) is 12.7. The van der Waals surface area contributed by atoms with Crippen LogP contribution in [-0.4, -0.2) is 18.7 Å². The van der Waals surface area contributed by atoms with Gasteiger partial charge in [0.1, 0.15) is 12.4 Å². The molecule has 1 aromatic rings. The highest BCUT2D eigenvalue weighted by molar-refractivity contribution is 6.30. The lowest BCUT2D eigenvalue weighted by atomic mass is 10.3. The number of hydrogen-bond acceptors (Lipinski definition) is 3. The molecular formula is C13H13ClO3.